The molecule has 2 amide bonds. The van der Waals surface area contributed by atoms with Crippen LogP contribution in [0.1, 0.15) is 29.3 Å². The molecule has 190 valence electrons. The van der Waals surface area contributed by atoms with E-state index in [1.807, 2.05) is 36.1 Å². The van der Waals surface area contributed by atoms with Crippen molar-refractivity contribution in [1.82, 2.24) is 25.5 Å². The molecule has 0 spiro atoms. The molecule has 0 bridgehead atoms. The van der Waals surface area contributed by atoms with E-state index in [1.165, 1.54) is 6.20 Å². The first kappa shape index (κ1) is 26.2. The number of anilines is 2. The van der Waals surface area contributed by atoms with Gasteiger partial charge in [0, 0.05) is 59.2 Å². The van der Waals surface area contributed by atoms with Crippen LogP contribution >= 0.6 is 0 Å². The van der Waals surface area contributed by atoms with Crippen molar-refractivity contribution < 1.29 is 19.1 Å². The standard InChI is InChI=1S/C24H35N7O4/c1-3-35-19-7-5-18(6-8-19)15-27-23(33)20-16-28-24(29-22(20)25)31-12-10-30(11-13-31)17-21(32)26-9-4-14-34-2/h5-8,16H,3-4,9-15,17H2,1-2H3,(H,26,32)(H,27,33)(H2,25,28,29). The highest BCUT2D eigenvalue weighted by Gasteiger charge is 2.22. The van der Waals surface area contributed by atoms with E-state index in [0.717, 1.165) is 17.7 Å². The Balaban J connectivity index is 1.45. The SMILES string of the molecule is CCOc1ccc(CNC(=O)c2cnc(N3CCN(CC(=O)NCCCOC)CC3)nc2N)cc1. The maximum Gasteiger partial charge on any atom is 0.256 e. The number of nitrogens with one attached hydrogen (secondary N) is 2. The lowest BCUT2D eigenvalue weighted by atomic mass is 10.2. The molecule has 2 aromatic rings. The van der Waals surface area contributed by atoms with Crippen LogP contribution in [0.4, 0.5) is 11.8 Å². The van der Waals surface area contributed by atoms with E-state index in [0.29, 0.717) is 65.0 Å². The fourth-order valence-electron chi connectivity index (χ4n) is 3.67. The zero-order chi connectivity index (χ0) is 25.0. The highest BCUT2D eigenvalue weighted by Crippen LogP contribution is 2.16. The van der Waals surface area contributed by atoms with Crippen LogP contribution in [-0.2, 0) is 16.1 Å². The summed E-state index contributed by atoms with van der Waals surface area (Å²) in [6.07, 6.45) is 2.26. The Morgan fingerprint density at radius 1 is 1.11 bits per heavy atom. The Hall–Kier alpha value is -3.44. The molecule has 1 aliphatic rings. The minimum atomic E-state index is -0.329. The van der Waals surface area contributed by atoms with E-state index in [-0.39, 0.29) is 23.2 Å². The van der Waals surface area contributed by atoms with Crippen LogP contribution in [0, 0.1) is 0 Å². The van der Waals surface area contributed by atoms with Gasteiger partial charge < -0.3 is 30.7 Å². The van der Waals surface area contributed by atoms with Crippen molar-refractivity contribution in [3.05, 3.63) is 41.6 Å². The average Bonchev–Trinajstić information content (AvgIpc) is 2.86. The number of carbonyl (C=O) groups excluding carboxylic acids is 2. The monoisotopic (exact) mass is 485 g/mol. The largest absolute Gasteiger partial charge is 0.494 e. The summed E-state index contributed by atoms with van der Waals surface area (Å²) in [7, 11) is 1.64. The number of hydrogen-bond donors (Lipinski definition) is 3. The van der Waals surface area contributed by atoms with E-state index >= 15 is 0 Å². The first-order valence-electron chi connectivity index (χ1n) is 11.9. The minimum Gasteiger partial charge on any atom is -0.494 e. The summed E-state index contributed by atoms with van der Waals surface area (Å²) in [5.41, 5.74) is 7.27. The average molecular weight is 486 g/mol. The summed E-state index contributed by atoms with van der Waals surface area (Å²) in [5, 5.41) is 5.75. The second kappa shape index (κ2) is 13.4. The van der Waals surface area contributed by atoms with Crippen molar-refractivity contribution in [3.63, 3.8) is 0 Å². The minimum absolute atomic E-state index is 0.00986. The number of nitrogen functional groups attached to an aromatic ring is 1. The quantitative estimate of drug-likeness (QED) is 0.371. The fourth-order valence-corrected chi connectivity index (χ4v) is 3.67. The molecule has 1 aromatic carbocycles. The number of benzene rings is 1. The summed E-state index contributed by atoms with van der Waals surface area (Å²) in [5.74, 6) is 1.09. The number of nitrogens with zero attached hydrogens (tertiary/aromatic N) is 4. The first-order chi connectivity index (χ1) is 17.0. The second-order valence-corrected chi connectivity index (χ2v) is 8.19. The van der Waals surface area contributed by atoms with Gasteiger partial charge in [0.25, 0.3) is 5.91 Å². The Kier molecular flexibility index (Phi) is 10.1. The number of amides is 2. The lowest BCUT2D eigenvalue weighted by Crippen LogP contribution is -2.50. The number of piperazine rings is 1. The molecule has 0 aliphatic carbocycles. The molecule has 11 heteroatoms. The molecular formula is C24H35N7O4. The van der Waals surface area contributed by atoms with Gasteiger partial charge in [0.15, 0.2) is 0 Å². The maximum absolute atomic E-state index is 12.6. The van der Waals surface area contributed by atoms with Gasteiger partial charge in [0.2, 0.25) is 11.9 Å². The van der Waals surface area contributed by atoms with E-state index in [1.54, 1.807) is 7.11 Å². The van der Waals surface area contributed by atoms with Crippen molar-refractivity contribution in [2.75, 3.05) is 70.2 Å². The van der Waals surface area contributed by atoms with Crippen LogP contribution in [0.2, 0.25) is 0 Å². The number of ether oxygens (including phenoxy) is 2. The van der Waals surface area contributed by atoms with Gasteiger partial charge in [0.05, 0.1) is 18.7 Å². The van der Waals surface area contributed by atoms with Crippen LogP contribution in [0.25, 0.3) is 0 Å². The third kappa shape index (κ3) is 8.08. The summed E-state index contributed by atoms with van der Waals surface area (Å²) in [4.78, 5) is 37.5. The van der Waals surface area contributed by atoms with Gasteiger partial charge in [-0.3, -0.25) is 14.5 Å². The van der Waals surface area contributed by atoms with Gasteiger partial charge in [-0.05, 0) is 31.0 Å². The van der Waals surface area contributed by atoms with E-state index in [4.69, 9.17) is 15.2 Å². The molecule has 0 radical (unpaired) electrons. The summed E-state index contributed by atoms with van der Waals surface area (Å²) in [6.45, 7) is 7.24. The molecule has 1 fully saturated rings. The lowest BCUT2D eigenvalue weighted by Gasteiger charge is -2.34. The van der Waals surface area contributed by atoms with Gasteiger partial charge in [0.1, 0.15) is 11.6 Å². The molecule has 1 saturated heterocycles. The van der Waals surface area contributed by atoms with Crippen molar-refractivity contribution in [2.45, 2.75) is 19.9 Å². The Morgan fingerprint density at radius 2 is 1.86 bits per heavy atom. The molecule has 2 heterocycles. The third-order valence-electron chi connectivity index (χ3n) is 5.61. The van der Waals surface area contributed by atoms with E-state index in [2.05, 4.69) is 25.5 Å². The smallest absolute Gasteiger partial charge is 0.256 e. The highest BCUT2D eigenvalue weighted by atomic mass is 16.5. The molecule has 3 rings (SSSR count). The van der Waals surface area contributed by atoms with Gasteiger partial charge in [-0.15, -0.1) is 0 Å². The zero-order valence-electron chi connectivity index (χ0n) is 20.5. The van der Waals surface area contributed by atoms with Gasteiger partial charge in [-0.25, -0.2) is 4.98 Å². The predicted octanol–water partition coefficient (Wildman–Crippen LogP) is 0.662. The molecule has 4 N–H and O–H groups in total. The number of rotatable bonds is 12. The third-order valence-corrected chi connectivity index (χ3v) is 5.61. The summed E-state index contributed by atoms with van der Waals surface area (Å²) < 4.78 is 10.4. The Bertz CT molecular complexity index is 963. The molecule has 35 heavy (non-hydrogen) atoms. The van der Waals surface area contributed by atoms with Crippen LogP contribution in [0.5, 0.6) is 5.75 Å². The van der Waals surface area contributed by atoms with Crippen LogP contribution in [0.15, 0.2) is 30.5 Å². The number of nitrogens with two attached hydrogens (primary N) is 1. The van der Waals surface area contributed by atoms with Crippen LogP contribution < -0.4 is 26.0 Å². The van der Waals surface area contributed by atoms with Gasteiger partial charge >= 0.3 is 0 Å². The lowest BCUT2D eigenvalue weighted by molar-refractivity contribution is -0.122. The Labute approximate surface area is 206 Å². The number of aromatic nitrogens is 2. The number of carbonyl (C=O) groups is 2. The van der Waals surface area contributed by atoms with Crippen molar-refractivity contribution >= 4 is 23.6 Å². The summed E-state index contributed by atoms with van der Waals surface area (Å²) in [6, 6.07) is 7.54. The van der Waals surface area contributed by atoms with Gasteiger partial charge in [-0.2, -0.15) is 4.98 Å². The number of hydrogen-bond acceptors (Lipinski definition) is 9. The highest BCUT2D eigenvalue weighted by molar-refractivity contribution is 5.98. The second-order valence-electron chi connectivity index (χ2n) is 8.19. The molecule has 0 atom stereocenters. The Morgan fingerprint density at radius 3 is 2.51 bits per heavy atom. The molecule has 0 saturated carbocycles. The fraction of sp³-hybridized carbons (Fsp3) is 0.500. The first-order valence-corrected chi connectivity index (χ1v) is 11.9. The van der Waals surface area contributed by atoms with Crippen LogP contribution in [0.3, 0.4) is 0 Å². The van der Waals surface area contributed by atoms with Crippen molar-refractivity contribution in [1.29, 1.82) is 0 Å². The molecular weight excluding hydrogens is 450 g/mol. The predicted molar refractivity (Wildman–Crippen MR) is 133 cm³/mol. The normalized spacial score (nSPS) is 13.9. The summed E-state index contributed by atoms with van der Waals surface area (Å²) >= 11 is 0. The van der Waals surface area contributed by atoms with E-state index < -0.39 is 0 Å². The maximum atomic E-state index is 12.6. The topological polar surface area (TPSA) is 135 Å². The number of methoxy groups -OCH3 is 1. The molecule has 1 aliphatic heterocycles. The van der Waals surface area contributed by atoms with E-state index in [9.17, 15) is 9.59 Å². The molecule has 11 nitrogen and oxygen atoms in total. The molecule has 1 aromatic heterocycles. The van der Waals surface area contributed by atoms with Crippen molar-refractivity contribution in [2.24, 2.45) is 0 Å². The van der Waals surface area contributed by atoms with Crippen LogP contribution in [-0.4, -0.2) is 86.3 Å². The van der Waals surface area contributed by atoms with Crippen molar-refractivity contribution in [3.8, 4) is 5.75 Å². The van der Waals surface area contributed by atoms with Gasteiger partial charge in [-0.1, -0.05) is 12.1 Å². The molecule has 0 unspecified atom stereocenters. The zero-order valence-corrected chi connectivity index (χ0v) is 20.5.